The zero-order valence-corrected chi connectivity index (χ0v) is 10.8. The summed E-state index contributed by atoms with van der Waals surface area (Å²) in [6, 6.07) is 0. The minimum absolute atomic E-state index is 0.161. The van der Waals surface area contributed by atoms with Gasteiger partial charge < -0.3 is 5.11 Å². The van der Waals surface area contributed by atoms with Gasteiger partial charge in [-0.25, -0.2) is 0 Å². The van der Waals surface area contributed by atoms with Crippen molar-refractivity contribution in [2.24, 2.45) is 23.2 Å². The summed E-state index contributed by atoms with van der Waals surface area (Å²) in [4.78, 5) is 0. The summed E-state index contributed by atoms with van der Waals surface area (Å²) < 4.78 is 0. The Balaban J connectivity index is 2.27. The van der Waals surface area contributed by atoms with Gasteiger partial charge in [-0.3, -0.25) is 0 Å². The lowest BCUT2D eigenvalue weighted by molar-refractivity contribution is 0.128. The highest BCUT2D eigenvalue weighted by Gasteiger charge is 2.49. The second-order valence-electron chi connectivity index (χ2n) is 5.98. The van der Waals surface area contributed by atoms with E-state index in [2.05, 4.69) is 33.4 Å². The quantitative estimate of drug-likeness (QED) is 0.706. The van der Waals surface area contributed by atoms with Gasteiger partial charge >= 0.3 is 0 Å². The molecule has 2 rings (SSSR count). The first-order chi connectivity index (χ1) is 7.50. The zero-order chi connectivity index (χ0) is 11.9. The Labute approximate surface area is 99.3 Å². The van der Waals surface area contributed by atoms with E-state index in [-0.39, 0.29) is 6.61 Å². The van der Waals surface area contributed by atoms with Gasteiger partial charge in [-0.2, -0.15) is 0 Å². The first-order valence-corrected chi connectivity index (χ1v) is 6.46. The van der Waals surface area contributed by atoms with E-state index < -0.39 is 0 Å². The number of hydrogen-bond donors (Lipinski definition) is 1. The molecule has 0 bridgehead atoms. The molecular weight excluding hydrogens is 196 g/mol. The molecule has 0 unspecified atom stereocenters. The highest BCUT2D eigenvalue weighted by molar-refractivity contribution is 5.21. The van der Waals surface area contributed by atoms with Crippen molar-refractivity contribution in [2.75, 3.05) is 6.61 Å². The van der Waals surface area contributed by atoms with Crippen molar-refractivity contribution < 1.29 is 5.11 Å². The lowest BCUT2D eigenvalue weighted by atomic mass is 9.61. The van der Waals surface area contributed by atoms with Gasteiger partial charge in [0.05, 0.1) is 6.61 Å². The molecule has 0 aromatic heterocycles. The number of aliphatic hydroxyl groups excluding tert-OH is 1. The van der Waals surface area contributed by atoms with Crippen LogP contribution in [-0.2, 0) is 0 Å². The first kappa shape index (κ1) is 11.9. The Morgan fingerprint density at radius 2 is 2.31 bits per heavy atom. The fourth-order valence-electron chi connectivity index (χ4n) is 3.90. The van der Waals surface area contributed by atoms with Gasteiger partial charge in [-0.15, -0.1) is 0 Å². The number of hydrogen-bond acceptors (Lipinski definition) is 1. The smallest absolute Gasteiger partial charge is 0.0641 e. The van der Waals surface area contributed by atoms with Crippen molar-refractivity contribution in [1.29, 1.82) is 0 Å². The van der Waals surface area contributed by atoms with Crippen LogP contribution >= 0.6 is 0 Å². The van der Waals surface area contributed by atoms with E-state index in [1.807, 2.05) is 0 Å². The predicted octanol–water partition coefficient (Wildman–Crippen LogP) is 3.55. The normalized spacial score (nSPS) is 42.8. The van der Waals surface area contributed by atoms with E-state index in [0.29, 0.717) is 23.2 Å². The lowest BCUT2D eigenvalue weighted by Crippen LogP contribution is -2.35. The van der Waals surface area contributed by atoms with E-state index in [0.717, 1.165) is 5.57 Å². The molecule has 90 valence electrons. The summed E-state index contributed by atoms with van der Waals surface area (Å²) in [7, 11) is 0. The van der Waals surface area contributed by atoms with Crippen molar-refractivity contribution >= 4 is 0 Å². The summed E-state index contributed by atoms with van der Waals surface area (Å²) in [5.41, 5.74) is 3.03. The van der Waals surface area contributed by atoms with Crippen LogP contribution in [0.25, 0.3) is 0 Å². The minimum Gasteiger partial charge on any atom is -0.392 e. The fraction of sp³-hybridized carbons (Fsp3) is 0.733. The maximum absolute atomic E-state index is 9.27. The van der Waals surface area contributed by atoms with Gasteiger partial charge in [-0.1, -0.05) is 32.1 Å². The van der Waals surface area contributed by atoms with E-state index in [4.69, 9.17) is 0 Å². The molecule has 1 nitrogen and oxygen atoms in total. The molecule has 0 aromatic carbocycles. The SMILES string of the molecule is C=C(CO)[C@H]1CC[C@]2(C)[C@H](C)C(C)=CC[C@@H]12. The Bertz CT molecular complexity index is 328. The van der Waals surface area contributed by atoms with E-state index in [1.54, 1.807) is 5.57 Å². The molecule has 1 fully saturated rings. The van der Waals surface area contributed by atoms with Gasteiger partial charge in [0.15, 0.2) is 0 Å². The molecule has 0 radical (unpaired) electrons. The van der Waals surface area contributed by atoms with Crippen LogP contribution in [0.1, 0.15) is 40.0 Å². The molecule has 2 aliphatic rings. The van der Waals surface area contributed by atoms with Crippen molar-refractivity contribution in [3.05, 3.63) is 23.8 Å². The molecule has 0 aromatic rings. The van der Waals surface area contributed by atoms with Crippen LogP contribution < -0.4 is 0 Å². The van der Waals surface area contributed by atoms with Gasteiger partial charge in [0.2, 0.25) is 0 Å². The number of fused-ring (bicyclic) bond motifs is 1. The molecule has 4 atom stereocenters. The van der Waals surface area contributed by atoms with Crippen molar-refractivity contribution in [3.63, 3.8) is 0 Å². The molecule has 1 heteroatoms. The topological polar surface area (TPSA) is 20.2 Å². The van der Waals surface area contributed by atoms with E-state index >= 15 is 0 Å². The summed E-state index contributed by atoms with van der Waals surface area (Å²) in [6.45, 7) is 11.3. The van der Waals surface area contributed by atoms with Crippen molar-refractivity contribution in [1.82, 2.24) is 0 Å². The van der Waals surface area contributed by atoms with Gasteiger partial charge in [0.25, 0.3) is 0 Å². The third-order valence-corrected chi connectivity index (χ3v) is 5.42. The summed E-state index contributed by atoms with van der Waals surface area (Å²) >= 11 is 0. The van der Waals surface area contributed by atoms with Gasteiger partial charge in [0.1, 0.15) is 0 Å². The van der Waals surface area contributed by atoms with Crippen molar-refractivity contribution in [2.45, 2.75) is 40.0 Å². The van der Waals surface area contributed by atoms with Crippen LogP contribution in [0.2, 0.25) is 0 Å². The Hall–Kier alpha value is -0.560. The fourth-order valence-corrected chi connectivity index (χ4v) is 3.90. The second-order valence-corrected chi connectivity index (χ2v) is 5.98. The highest BCUT2D eigenvalue weighted by atomic mass is 16.3. The Morgan fingerprint density at radius 3 is 2.94 bits per heavy atom. The lowest BCUT2D eigenvalue weighted by Gasteiger charge is -2.43. The largest absolute Gasteiger partial charge is 0.392 e. The molecule has 0 spiro atoms. The predicted molar refractivity (Wildman–Crippen MR) is 68.1 cm³/mol. The van der Waals surface area contributed by atoms with Crippen LogP contribution in [0.4, 0.5) is 0 Å². The minimum atomic E-state index is 0.161. The van der Waals surface area contributed by atoms with Gasteiger partial charge in [0, 0.05) is 0 Å². The molecule has 0 heterocycles. The Kier molecular flexibility index (Phi) is 3.00. The van der Waals surface area contributed by atoms with Crippen LogP contribution in [0.15, 0.2) is 23.8 Å². The number of aliphatic hydroxyl groups is 1. The molecule has 0 aliphatic heterocycles. The Morgan fingerprint density at radius 1 is 1.62 bits per heavy atom. The summed E-state index contributed by atoms with van der Waals surface area (Å²) in [6.07, 6.45) is 6.08. The zero-order valence-electron chi connectivity index (χ0n) is 10.8. The third-order valence-electron chi connectivity index (χ3n) is 5.42. The summed E-state index contributed by atoms with van der Waals surface area (Å²) in [5, 5.41) is 9.27. The summed E-state index contributed by atoms with van der Waals surface area (Å²) in [5.74, 6) is 1.93. The average Bonchev–Trinajstić information content (AvgIpc) is 2.62. The van der Waals surface area contributed by atoms with Crippen LogP contribution in [-0.4, -0.2) is 11.7 Å². The van der Waals surface area contributed by atoms with Gasteiger partial charge in [-0.05, 0) is 54.9 Å². The number of allylic oxidation sites excluding steroid dienone is 2. The van der Waals surface area contributed by atoms with Crippen LogP contribution in [0.5, 0.6) is 0 Å². The second kappa shape index (κ2) is 4.03. The van der Waals surface area contributed by atoms with E-state index in [9.17, 15) is 5.11 Å². The number of rotatable bonds is 2. The molecule has 0 saturated heterocycles. The monoisotopic (exact) mass is 220 g/mol. The molecule has 0 amide bonds. The maximum atomic E-state index is 9.27. The molecule has 2 aliphatic carbocycles. The molecular formula is C15H24O. The third kappa shape index (κ3) is 1.57. The molecule has 16 heavy (non-hydrogen) atoms. The highest BCUT2D eigenvalue weighted by Crippen LogP contribution is 2.58. The first-order valence-electron chi connectivity index (χ1n) is 6.46. The van der Waals surface area contributed by atoms with Crippen LogP contribution in [0, 0.1) is 23.2 Å². The standard InChI is InChI=1S/C15H24O/c1-10-5-6-14-13(11(2)9-16)7-8-15(14,4)12(10)3/h5,12-14,16H,2,6-9H2,1,3-4H3/t12-,13-,14+,15-/m1/s1. The molecule has 1 N–H and O–H groups in total. The molecule has 1 saturated carbocycles. The maximum Gasteiger partial charge on any atom is 0.0641 e. The van der Waals surface area contributed by atoms with Crippen molar-refractivity contribution in [3.8, 4) is 0 Å². The average molecular weight is 220 g/mol. The van der Waals surface area contributed by atoms with Crippen LogP contribution in [0.3, 0.4) is 0 Å². The van der Waals surface area contributed by atoms with E-state index in [1.165, 1.54) is 19.3 Å².